The van der Waals surface area contributed by atoms with Gasteiger partial charge in [-0.3, -0.25) is 4.79 Å². The first-order valence-corrected chi connectivity index (χ1v) is 9.14. The van der Waals surface area contributed by atoms with Gasteiger partial charge >= 0.3 is 6.03 Å². The SMILES string of the molecule is CCc1n[nH]c(=O)c(CNC(=O)NC[C@H](C)c2ccsc2)c1CC. The van der Waals surface area contributed by atoms with Gasteiger partial charge in [-0.15, -0.1) is 0 Å². The Morgan fingerprint density at radius 1 is 1.29 bits per heavy atom. The van der Waals surface area contributed by atoms with Crippen LogP contribution < -0.4 is 16.2 Å². The molecule has 7 heteroatoms. The maximum atomic E-state index is 12.0. The molecule has 2 aromatic heterocycles. The topological polar surface area (TPSA) is 86.9 Å². The van der Waals surface area contributed by atoms with Gasteiger partial charge < -0.3 is 10.6 Å². The Hall–Kier alpha value is -2.15. The highest BCUT2D eigenvalue weighted by Gasteiger charge is 2.13. The number of H-pyrrole nitrogens is 1. The van der Waals surface area contributed by atoms with Gasteiger partial charge in [0.1, 0.15) is 0 Å². The minimum atomic E-state index is -0.270. The van der Waals surface area contributed by atoms with E-state index < -0.39 is 0 Å². The van der Waals surface area contributed by atoms with Gasteiger partial charge in [0.25, 0.3) is 5.56 Å². The molecule has 130 valence electrons. The van der Waals surface area contributed by atoms with Gasteiger partial charge in [-0.05, 0) is 46.7 Å². The number of rotatable bonds is 7. The van der Waals surface area contributed by atoms with E-state index in [4.69, 9.17) is 0 Å². The highest BCUT2D eigenvalue weighted by atomic mass is 32.1. The first-order chi connectivity index (χ1) is 11.6. The number of carbonyl (C=O) groups excluding carboxylic acids is 1. The fourth-order valence-corrected chi connectivity index (χ4v) is 3.39. The number of aromatic nitrogens is 2. The Bertz CT molecular complexity index is 725. The number of thiophene rings is 1. The van der Waals surface area contributed by atoms with Gasteiger partial charge in [-0.1, -0.05) is 20.8 Å². The average Bonchev–Trinajstić information content (AvgIpc) is 3.12. The third-order valence-electron chi connectivity index (χ3n) is 4.07. The van der Waals surface area contributed by atoms with Crippen LogP contribution in [0.25, 0.3) is 0 Å². The standard InChI is InChI=1S/C17H24N4O2S/c1-4-13-14(16(22)21-20-15(13)5-2)9-19-17(23)18-8-11(3)12-6-7-24-10-12/h6-7,10-11H,4-5,8-9H2,1-3H3,(H,21,22)(H2,18,19,23)/t11-/m0/s1. The summed E-state index contributed by atoms with van der Waals surface area (Å²) in [6.07, 6.45) is 1.46. The number of nitrogens with one attached hydrogen (secondary N) is 3. The normalized spacial score (nSPS) is 12.0. The number of carbonyl (C=O) groups is 1. The van der Waals surface area contributed by atoms with E-state index in [9.17, 15) is 9.59 Å². The lowest BCUT2D eigenvalue weighted by Crippen LogP contribution is -2.38. The van der Waals surface area contributed by atoms with Gasteiger partial charge in [0.05, 0.1) is 12.2 Å². The van der Waals surface area contributed by atoms with Crippen LogP contribution in [-0.4, -0.2) is 22.8 Å². The molecule has 2 aromatic rings. The van der Waals surface area contributed by atoms with Crippen LogP contribution in [0.4, 0.5) is 4.79 Å². The van der Waals surface area contributed by atoms with Gasteiger partial charge in [0.15, 0.2) is 0 Å². The summed E-state index contributed by atoms with van der Waals surface area (Å²) >= 11 is 1.65. The maximum Gasteiger partial charge on any atom is 0.315 e. The molecule has 0 aliphatic heterocycles. The number of hydrogen-bond acceptors (Lipinski definition) is 4. The summed E-state index contributed by atoms with van der Waals surface area (Å²) in [5, 5.41) is 16.3. The van der Waals surface area contributed by atoms with Crippen molar-refractivity contribution in [2.45, 2.75) is 46.1 Å². The van der Waals surface area contributed by atoms with E-state index in [1.54, 1.807) is 11.3 Å². The smallest absolute Gasteiger partial charge is 0.315 e. The molecule has 2 heterocycles. The van der Waals surface area contributed by atoms with Crippen molar-refractivity contribution in [1.29, 1.82) is 0 Å². The zero-order valence-corrected chi connectivity index (χ0v) is 15.1. The summed E-state index contributed by atoms with van der Waals surface area (Å²) in [6.45, 7) is 6.80. The van der Waals surface area contributed by atoms with Gasteiger partial charge in [0, 0.05) is 12.1 Å². The van der Waals surface area contributed by atoms with Crippen molar-refractivity contribution in [3.05, 3.63) is 49.6 Å². The second-order valence-corrected chi connectivity index (χ2v) is 6.46. The van der Waals surface area contributed by atoms with Crippen LogP contribution >= 0.6 is 11.3 Å². The Morgan fingerprint density at radius 3 is 2.71 bits per heavy atom. The minimum Gasteiger partial charge on any atom is -0.338 e. The zero-order valence-electron chi connectivity index (χ0n) is 14.3. The average molecular weight is 348 g/mol. The quantitative estimate of drug-likeness (QED) is 0.719. The second kappa shape index (κ2) is 8.63. The molecule has 0 aliphatic carbocycles. The first-order valence-electron chi connectivity index (χ1n) is 8.19. The molecule has 2 rings (SSSR count). The van der Waals surface area contributed by atoms with E-state index in [2.05, 4.69) is 39.2 Å². The van der Waals surface area contributed by atoms with Crippen LogP contribution in [0.3, 0.4) is 0 Å². The molecule has 1 atom stereocenters. The van der Waals surface area contributed by atoms with Crippen molar-refractivity contribution in [3.8, 4) is 0 Å². The van der Waals surface area contributed by atoms with Crippen LogP contribution in [0.2, 0.25) is 0 Å². The largest absolute Gasteiger partial charge is 0.338 e. The number of hydrogen-bond donors (Lipinski definition) is 3. The summed E-state index contributed by atoms with van der Waals surface area (Å²) in [6, 6.07) is 1.79. The minimum absolute atomic E-state index is 0.201. The van der Waals surface area contributed by atoms with E-state index in [1.807, 2.05) is 19.2 Å². The Balaban J connectivity index is 1.93. The molecular formula is C17H24N4O2S. The molecule has 0 saturated heterocycles. The molecule has 0 spiro atoms. The summed E-state index contributed by atoms with van der Waals surface area (Å²) in [4.78, 5) is 24.0. The molecule has 24 heavy (non-hydrogen) atoms. The number of urea groups is 1. The number of amides is 2. The third-order valence-corrected chi connectivity index (χ3v) is 4.78. The number of aryl methyl sites for hydroxylation is 1. The zero-order chi connectivity index (χ0) is 17.5. The molecule has 0 aromatic carbocycles. The van der Waals surface area contributed by atoms with Crippen molar-refractivity contribution in [1.82, 2.24) is 20.8 Å². The predicted octanol–water partition coefficient (Wildman–Crippen LogP) is 2.56. The van der Waals surface area contributed by atoms with Crippen LogP contribution in [-0.2, 0) is 19.4 Å². The molecule has 6 nitrogen and oxygen atoms in total. The number of nitrogens with zero attached hydrogens (tertiary/aromatic N) is 1. The van der Waals surface area contributed by atoms with Crippen LogP contribution in [0.15, 0.2) is 21.6 Å². The molecule has 0 fully saturated rings. The molecular weight excluding hydrogens is 324 g/mol. The lowest BCUT2D eigenvalue weighted by molar-refractivity contribution is 0.240. The molecule has 3 N–H and O–H groups in total. The molecule has 0 bridgehead atoms. The summed E-state index contributed by atoms with van der Waals surface area (Å²) in [5.74, 6) is 0.254. The van der Waals surface area contributed by atoms with Gasteiger partial charge in [-0.25, -0.2) is 9.89 Å². The second-order valence-electron chi connectivity index (χ2n) is 5.68. The Morgan fingerprint density at radius 2 is 2.08 bits per heavy atom. The molecule has 0 radical (unpaired) electrons. The molecule has 0 aliphatic rings. The van der Waals surface area contributed by atoms with Crippen molar-refractivity contribution >= 4 is 17.4 Å². The Labute approximate surface area is 145 Å². The van der Waals surface area contributed by atoms with Crippen molar-refractivity contribution < 1.29 is 4.79 Å². The molecule has 2 amide bonds. The van der Waals surface area contributed by atoms with Crippen LogP contribution in [0.1, 0.15) is 49.1 Å². The van der Waals surface area contributed by atoms with E-state index in [1.165, 1.54) is 5.56 Å². The first kappa shape index (κ1) is 18.2. The predicted molar refractivity (Wildman–Crippen MR) is 96.6 cm³/mol. The van der Waals surface area contributed by atoms with Crippen molar-refractivity contribution in [2.24, 2.45) is 0 Å². The van der Waals surface area contributed by atoms with E-state index in [0.717, 1.165) is 17.7 Å². The van der Waals surface area contributed by atoms with Crippen molar-refractivity contribution in [2.75, 3.05) is 6.54 Å². The van der Waals surface area contributed by atoms with E-state index in [0.29, 0.717) is 18.5 Å². The van der Waals surface area contributed by atoms with Gasteiger partial charge in [0.2, 0.25) is 0 Å². The van der Waals surface area contributed by atoms with Crippen LogP contribution in [0.5, 0.6) is 0 Å². The van der Waals surface area contributed by atoms with E-state index in [-0.39, 0.29) is 24.1 Å². The fourth-order valence-electron chi connectivity index (χ4n) is 2.61. The van der Waals surface area contributed by atoms with E-state index >= 15 is 0 Å². The summed E-state index contributed by atoms with van der Waals surface area (Å²) in [7, 11) is 0. The third kappa shape index (κ3) is 4.44. The van der Waals surface area contributed by atoms with Gasteiger partial charge in [-0.2, -0.15) is 16.4 Å². The summed E-state index contributed by atoms with van der Waals surface area (Å²) in [5.41, 5.74) is 3.36. The molecule has 0 unspecified atom stereocenters. The Kier molecular flexibility index (Phi) is 6.54. The fraction of sp³-hybridized carbons (Fsp3) is 0.471. The molecule has 0 saturated carbocycles. The summed E-state index contributed by atoms with van der Waals surface area (Å²) < 4.78 is 0. The maximum absolute atomic E-state index is 12.0. The van der Waals surface area contributed by atoms with Crippen LogP contribution in [0, 0.1) is 0 Å². The lowest BCUT2D eigenvalue weighted by atomic mass is 10.0. The lowest BCUT2D eigenvalue weighted by Gasteiger charge is -2.14. The number of aromatic amines is 1. The highest BCUT2D eigenvalue weighted by Crippen LogP contribution is 2.17. The monoisotopic (exact) mass is 348 g/mol. The van der Waals surface area contributed by atoms with Crippen molar-refractivity contribution in [3.63, 3.8) is 0 Å². The highest BCUT2D eigenvalue weighted by molar-refractivity contribution is 7.07.